The Morgan fingerprint density at radius 3 is 2.84 bits per heavy atom. The van der Waals surface area contributed by atoms with E-state index in [1.165, 1.54) is 17.7 Å². The van der Waals surface area contributed by atoms with Gasteiger partial charge in [0.25, 0.3) is 0 Å². The van der Waals surface area contributed by atoms with Crippen LogP contribution in [0.3, 0.4) is 0 Å². The van der Waals surface area contributed by atoms with Crippen LogP contribution in [-0.2, 0) is 6.42 Å². The highest BCUT2D eigenvalue weighted by Gasteiger charge is 2.19. The first kappa shape index (κ1) is 12.2. The number of aryl methyl sites for hydroxylation is 1. The van der Waals surface area contributed by atoms with Crippen molar-refractivity contribution in [3.05, 3.63) is 65.0 Å². The Hall–Kier alpha value is -1.87. The zero-order valence-electron chi connectivity index (χ0n) is 10.6. The molecule has 1 unspecified atom stereocenters. The van der Waals surface area contributed by atoms with Gasteiger partial charge in [0.05, 0.1) is 12.6 Å². The van der Waals surface area contributed by atoms with Gasteiger partial charge in [0.2, 0.25) is 0 Å². The number of ether oxygens (including phenoxy) is 1. The number of halogens is 1. The average Bonchev–Trinajstić information content (AvgIpc) is 2.46. The van der Waals surface area contributed by atoms with Gasteiger partial charge in [-0.05, 0) is 36.1 Å². The number of benzene rings is 2. The molecule has 0 spiro atoms. The van der Waals surface area contributed by atoms with E-state index in [9.17, 15) is 4.39 Å². The molecule has 2 N–H and O–H groups in total. The summed E-state index contributed by atoms with van der Waals surface area (Å²) in [6.45, 7) is 0.722. The molecular formula is C16H16FNO. The summed E-state index contributed by atoms with van der Waals surface area (Å²) < 4.78 is 19.0. The van der Waals surface area contributed by atoms with Crippen molar-refractivity contribution in [3.8, 4) is 5.75 Å². The third-order valence-corrected chi connectivity index (χ3v) is 3.51. The largest absolute Gasteiger partial charge is 0.493 e. The van der Waals surface area contributed by atoms with E-state index in [2.05, 4.69) is 6.07 Å². The molecule has 19 heavy (non-hydrogen) atoms. The minimum Gasteiger partial charge on any atom is -0.493 e. The second-order valence-corrected chi connectivity index (χ2v) is 4.82. The summed E-state index contributed by atoms with van der Waals surface area (Å²) in [5.74, 6) is 0.615. The Balaban J connectivity index is 2.02. The van der Waals surface area contributed by atoms with E-state index in [-0.39, 0.29) is 11.9 Å². The van der Waals surface area contributed by atoms with Gasteiger partial charge in [0.1, 0.15) is 11.6 Å². The lowest BCUT2D eigenvalue weighted by Gasteiger charge is -2.23. The van der Waals surface area contributed by atoms with Gasteiger partial charge in [0.15, 0.2) is 0 Å². The van der Waals surface area contributed by atoms with Crippen LogP contribution in [0.4, 0.5) is 4.39 Å². The molecule has 0 saturated carbocycles. The van der Waals surface area contributed by atoms with Crippen LogP contribution in [0.1, 0.15) is 29.2 Å². The lowest BCUT2D eigenvalue weighted by Crippen LogP contribution is -2.17. The van der Waals surface area contributed by atoms with E-state index in [1.54, 1.807) is 6.07 Å². The van der Waals surface area contributed by atoms with Gasteiger partial charge in [-0.2, -0.15) is 0 Å². The molecule has 0 aliphatic carbocycles. The predicted molar refractivity (Wildman–Crippen MR) is 72.7 cm³/mol. The van der Waals surface area contributed by atoms with E-state index in [4.69, 9.17) is 10.5 Å². The zero-order valence-corrected chi connectivity index (χ0v) is 10.6. The first-order chi connectivity index (χ1) is 9.25. The molecule has 1 aliphatic rings. The molecule has 98 valence electrons. The van der Waals surface area contributed by atoms with Gasteiger partial charge in [-0.3, -0.25) is 0 Å². The van der Waals surface area contributed by atoms with Gasteiger partial charge < -0.3 is 10.5 Å². The average molecular weight is 257 g/mol. The van der Waals surface area contributed by atoms with Crippen molar-refractivity contribution in [2.24, 2.45) is 5.73 Å². The molecule has 2 nitrogen and oxygen atoms in total. The topological polar surface area (TPSA) is 35.2 Å². The van der Waals surface area contributed by atoms with E-state index < -0.39 is 0 Å². The SMILES string of the molecule is NC(c1cccc(F)c1)c1cccc2c1OCCC2. The van der Waals surface area contributed by atoms with Gasteiger partial charge in [-0.25, -0.2) is 4.39 Å². The number of nitrogens with two attached hydrogens (primary N) is 1. The maximum atomic E-state index is 13.3. The Bertz CT molecular complexity index is 597. The number of rotatable bonds is 2. The molecule has 3 heteroatoms. The van der Waals surface area contributed by atoms with Gasteiger partial charge in [-0.15, -0.1) is 0 Å². The zero-order chi connectivity index (χ0) is 13.2. The molecule has 0 amide bonds. The summed E-state index contributed by atoms with van der Waals surface area (Å²) >= 11 is 0. The lowest BCUT2D eigenvalue weighted by molar-refractivity contribution is 0.284. The highest BCUT2D eigenvalue weighted by atomic mass is 19.1. The molecule has 0 bridgehead atoms. The van der Waals surface area contributed by atoms with Crippen molar-refractivity contribution in [1.29, 1.82) is 0 Å². The maximum absolute atomic E-state index is 13.3. The van der Waals surface area contributed by atoms with Crippen molar-refractivity contribution < 1.29 is 9.13 Å². The Labute approximate surface area is 112 Å². The summed E-state index contributed by atoms with van der Waals surface area (Å²) in [5.41, 5.74) is 9.15. The van der Waals surface area contributed by atoms with Crippen LogP contribution in [0, 0.1) is 5.82 Å². The normalized spacial score (nSPS) is 15.5. The monoisotopic (exact) mass is 257 g/mol. The Morgan fingerprint density at radius 1 is 1.16 bits per heavy atom. The molecule has 1 atom stereocenters. The molecular weight excluding hydrogens is 241 g/mol. The maximum Gasteiger partial charge on any atom is 0.127 e. The van der Waals surface area contributed by atoms with Crippen LogP contribution in [0.2, 0.25) is 0 Å². The number of hydrogen-bond acceptors (Lipinski definition) is 2. The van der Waals surface area contributed by atoms with Crippen molar-refractivity contribution in [1.82, 2.24) is 0 Å². The fourth-order valence-electron chi connectivity index (χ4n) is 2.54. The highest BCUT2D eigenvalue weighted by Crippen LogP contribution is 2.34. The lowest BCUT2D eigenvalue weighted by atomic mass is 9.94. The number of para-hydroxylation sites is 1. The summed E-state index contributed by atoms with van der Waals surface area (Å²) in [4.78, 5) is 0. The van der Waals surface area contributed by atoms with Crippen LogP contribution >= 0.6 is 0 Å². The second-order valence-electron chi connectivity index (χ2n) is 4.82. The van der Waals surface area contributed by atoms with Crippen molar-refractivity contribution in [2.75, 3.05) is 6.61 Å². The van der Waals surface area contributed by atoms with E-state index in [1.807, 2.05) is 18.2 Å². The van der Waals surface area contributed by atoms with Gasteiger partial charge >= 0.3 is 0 Å². The molecule has 2 aromatic carbocycles. The summed E-state index contributed by atoms with van der Waals surface area (Å²) in [6.07, 6.45) is 2.05. The molecule has 1 aliphatic heterocycles. The molecule has 1 heterocycles. The molecule has 0 fully saturated rings. The second kappa shape index (κ2) is 5.02. The van der Waals surface area contributed by atoms with E-state index in [0.717, 1.165) is 36.3 Å². The molecule has 0 saturated heterocycles. The van der Waals surface area contributed by atoms with Crippen molar-refractivity contribution in [3.63, 3.8) is 0 Å². The van der Waals surface area contributed by atoms with Crippen LogP contribution in [0.25, 0.3) is 0 Å². The standard InChI is InChI=1S/C16H16FNO/c17-13-7-1-5-12(10-13)15(18)14-8-2-4-11-6-3-9-19-16(11)14/h1-2,4-5,7-8,10,15H,3,6,9,18H2. The van der Waals surface area contributed by atoms with Gasteiger partial charge in [-0.1, -0.05) is 30.3 Å². The smallest absolute Gasteiger partial charge is 0.127 e. The van der Waals surface area contributed by atoms with Crippen molar-refractivity contribution >= 4 is 0 Å². The first-order valence-corrected chi connectivity index (χ1v) is 6.51. The molecule has 3 rings (SSSR count). The fraction of sp³-hybridized carbons (Fsp3) is 0.250. The predicted octanol–water partition coefficient (Wildman–Crippen LogP) is 3.20. The summed E-state index contributed by atoms with van der Waals surface area (Å²) in [6, 6.07) is 12.1. The first-order valence-electron chi connectivity index (χ1n) is 6.51. The van der Waals surface area contributed by atoms with E-state index in [0.29, 0.717) is 0 Å². The summed E-state index contributed by atoms with van der Waals surface area (Å²) in [7, 11) is 0. The van der Waals surface area contributed by atoms with Crippen LogP contribution in [-0.4, -0.2) is 6.61 Å². The molecule has 2 aromatic rings. The quantitative estimate of drug-likeness (QED) is 0.896. The minimum absolute atomic E-state index is 0.265. The Morgan fingerprint density at radius 2 is 2.00 bits per heavy atom. The third-order valence-electron chi connectivity index (χ3n) is 3.51. The van der Waals surface area contributed by atoms with Gasteiger partial charge in [0, 0.05) is 5.56 Å². The molecule has 0 radical (unpaired) electrons. The number of hydrogen-bond donors (Lipinski definition) is 1. The minimum atomic E-state index is -0.358. The number of fused-ring (bicyclic) bond motifs is 1. The van der Waals surface area contributed by atoms with Crippen LogP contribution in [0.5, 0.6) is 5.75 Å². The Kier molecular flexibility index (Phi) is 3.22. The van der Waals surface area contributed by atoms with Crippen LogP contribution in [0.15, 0.2) is 42.5 Å². The highest BCUT2D eigenvalue weighted by molar-refractivity contribution is 5.47. The van der Waals surface area contributed by atoms with E-state index >= 15 is 0 Å². The van der Waals surface area contributed by atoms with Crippen molar-refractivity contribution in [2.45, 2.75) is 18.9 Å². The van der Waals surface area contributed by atoms with Crippen LogP contribution < -0.4 is 10.5 Å². The summed E-state index contributed by atoms with van der Waals surface area (Å²) in [5, 5.41) is 0. The molecule has 0 aromatic heterocycles. The third kappa shape index (κ3) is 2.34. The fourth-order valence-corrected chi connectivity index (χ4v) is 2.54.